The second-order valence-corrected chi connectivity index (χ2v) is 6.11. The topological polar surface area (TPSA) is 69.2 Å². The van der Waals surface area contributed by atoms with Crippen molar-refractivity contribution in [2.75, 3.05) is 14.2 Å². The Hall–Kier alpha value is -3.80. The fourth-order valence-corrected chi connectivity index (χ4v) is 2.60. The summed E-state index contributed by atoms with van der Waals surface area (Å²) in [6.07, 6.45) is 1.54. The van der Waals surface area contributed by atoms with Gasteiger partial charge >= 0.3 is 0 Å². The third-order valence-corrected chi connectivity index (χ3v) is 4.15. The normalized spacial score (nSPS) is 10.6. The summed E-state index contributed by atoms with van der Waals surface area (Å²) in [6.45, 7) is 0.434. The SMILES string of the molecule is COc1ccc(/C=N\NC(=O)c2ccc(COc3ccccc3)cc2)cc1OC. The Balaban J connectivity index is 1.54. The summed E-state index contributed by atoms with van der Waals surface area (Å²) >= 11 is 0. The summed E-state index contributed by atoms with van der Waals surface area (Å²) < 4.78 is 16.1. The highest BCUT2D eigenvalue weighted by atomic mass is 16.5. The van der Waals surface area contributed by atoms with Crippen molar-refractivity contribution in [2.45, 2.75) is 6.61 Å². The van der Waals surface area contributed by atoms with E-state index in [1.807, 2.05) is 48.5 Å². The first-order chi connectivity index (χ1) is 14.2. The zero-order valence-corrected chi connectivity index (χ0v) is 16.3. The Morgan fingerprint density at radius 1 is 0.931 bits per heavy atom. The Morgan fingerprint density at radius 2 is 1.66 bits per heavy atom. The van der Waals surface area contributed by atoms with E-state index in [1.165, 1.54) is 0 Å². The Morgan fingerprint density at radius 3 is 2.34 bits per heavy atom. The number of ether oxygens (including phenoxy) is 3. The molecule has 6 nitrogen and oxygen atoms in total. The molecule has 29 heavy (non-hydrogen) atoms. The molecule has 148 valence electrons. The molecule has 0 radical (unpaired) electrons. The van der Waals surface area contributed by atoms with Crippen LogP contribution in [-0.4, -0.2) is 26.3 Å². The first-order valence-corrected chi connectivity index (χ1v) is 9.02. The fourth-order valence-electron chi connectivity index (χ4n) is 2.60. The Bertz CT molecular complexity index is 970. The maximum atomic E-state index is 12.2. The van der Waals surface area contributed by atoms with Crippen LogP contribution >= 0.6 is 0 Å². The summed E-state index contributed by atoms with van der Waals surface area (Å²) in [5.41, 5.74) is 4.78. The van der Waals surface area contributed by atoms with Gasteiger partial charge < -0.3 is 14.2 Å². The highest BCUT2D eigenvalue weighted by molar-refractivity contribution is 5.94. The summed E-state index contributed by atoms with van der Waals surface area (Å²) in [4.78, 5) is 12.2. The molecule has 0 bridgehead atoms. The molecule has 0 atom stereocenters. The molecule has 6 heteroatoms. The molecule has 3 aromatic carbocycles. The first-order valence-electron chi connectivity index (χ1n) is 9.02. The van der Waals surface area contributed by atoms with Crippen molar-refractivity contribution in [1.82, 2.24) is 5.43 Å². The molecule has 0 aliphatic heterocycles. The van der Waals surface area contributed by atoms with Crippen LogP contribution in [0.3, 0.4) is 0 Å². The highest BCUT2D eigenvalue weighted by Gasteiger charge is 2.06. The van der Waals surface area contributed by atoms with E-state index in [2.05, 4.69) is 10.5 Å². The first kappa shape index (κ1) is 19.9. The minimum absolute atomic E-state index is 0.294. The lowest BCUT2D eigenvalue weighted by Gasteiger charge is -2.07. The van der Waals surface area contributed by atoms with Gasteiger partial charge in [-0.1, -0.05) is 30.3 Å². The third kappa shape index (κ3) is 5.59. The summed E-state index contributed by atoms with van der Waals surface area (Å²) in [5.74, 6) is 1.73. The molecular weight excluding hydrogens is 368 g/mol. The van der Waals surface area contributed by atoms with Gasteiger partial charge in [0.25, 0.3) is 5.91 Å². The Kier molecular flexibility index (Phi) is 6.84. The number of hydrogen-bond acceptors (Lipinski definition) is 5. The smallest absolute Gasteiger partial charge is 0.271 e. The van der Waals surface area contributed by atoms with E-state index in [0.717, 1.165) is 16.9 Å². The number of methoxy groups -OCH3 is 2. The van der Waals surface area contributed by atoms with Gasteiger partial charge in [-0.05, 0) is 53.6 Å². The van der Waals surface area contributed by atoms with Crippen molar-refractivity contribution in [1.29, 1.82) is 0 Å². The highest BCUT2D eigenvalue weighted by Crippen LogP contribution is 2.26. The zero-order valence-electron chi connectivity index (χ0n) is 16.3. The van der Waals surface area contributed by atoms with Crippen molar-refractivity contribution in [3.05, 3.63) is 89.5 Å². The van der Waals surface area contributed by atoms with Gasteiger partial charge in [-0.3, -0.25) is 4.79 Å². The fraction of sp³-hybridized carbons (Fsp3) is 0.130. The molecule has 0 aliphatic carbocycles. The second-order valence-electron chi connectivity index (χ2n) is 6.11. The molecule has 1 N–H and O–H groups in total. The van der Waals surface area contributed by atoms with Crippen molar-refractivity contribution < 1.29 is 19.0 Å². The number of nitrogens with zero attached hydrogens (tertiary/aromatic N) is 1. The average Bonchev–Trinajstić information content (AvgIpc) is 2.78. The standard InChI is InChI=1S/C23H22N2O4/c1-27-21-13-10-18(14-22(21)28-2)15-24-25-23(26)19-11-8-17(9-12-19)16-29-20-6-4-3-5-7-20/h3-15H,16H2,1-2H3,(H,25,26)/b24-15-. The predicted octanol–water partition coefficient (Wildman–Crippen LogP) is 4.05. The maximum absolute atomic E-state index is 12.2. The lowest BCUT2D eigenvalue weighted by molar-refractivity contribution is 0.0955. The van der Waals surface area contributed by atoms with Crippen molar-refractivity contribution >= 4 is 12.1 Å². The van der Waals surface area contributed by atoms with Gasteiger partial charge in [0.05, 0.1) is 20.4 Å². The summed E-state index contributed by atoms with van der Waals surface area (Å²) in [7, 11) is 3.14. The lowest BCUT2D eigenvalue weighted by atomic mass is 10.1. The average molecular weight is 390 g/mol. The maximum Gasteiger partial charge on any atom is 0.271 e. The van der Waals surface area contributed by atoms with E-state index in [9.17, 15) is 4.79 Å². The van der Waals surface area contributed by atoms with E-state index < -0.39 is 0 Å². The van der Waals surface area contributed by atoms with Crippen molar-refractivity contribution in [3.63, 3.8) is 0 Å². The predicted molar refractivity (Wildman–Crippen MR) is 112 cm³/mol. The largest absolute Gasteiger partial charge is 0.493 e. The van der Waals surface area contributed by atoms with Gasteiger partial charge in [0.2, 0.25) is 0 Å². The van der Waals surface area contributed by atoms with Crippen LogP contribution in [0.5, 0.6) is 17.2 Å². The number of benzene rings is 3. The monoisotopic (exact) mass is 390 g/mol. The lowest BCUT2D eigenvalue weighted by Crippen LogP contribution is -2.17. The van der Waals surface area contributed by atoms with Crippen molar-refractivity contribution in [2.24, 2.45) is 5.10 Å². The molecule has 0 heterocycles. The van der Waals surface area contributed by atoms with E-state index >= 15 is 0 Å². The number of carbonyl (C=O) groups excluding carboxylic acids is 1. The number of para-hydroxylation sites is 1. The molecule has 0 saturated heterocycles. The van der Waals surface area contributed by atoms with Gasteiger partial charge in [0.1, 0.15) is 12.4 Å². The van der Waals surface area contributed by atoms with Crippen LogP contribution in [0.1, 0.15) is 21.5 Å². The third-order valence-electron chi connectivity index (χ3n) is 4.15. The van der Waals surface area contributed by atoms with Crippen LogP contribution in [-0.2, 0) is 6.61 Å². The van der Waals surface area contributed by atoms with E-state index in [-0.39, 0.29) is 5.91 Å². The molecule has 0 aliphatic rings. The van der Waals surface area contributed by atoms with Gasteiger partial charge in [0, 0.05) is 5.56 Å². The number of carbonyl (C=O) groups is 1. The van der Waals surface area contributed by atoms with E-state index in [0.29, 0.717) is 23.7 Å². The number of hydrogen-bond donors (Lipinski definition) is 1. The van der Waals surface area contributed by atoms with Crippen LogP contribution in [0.4, 0.5) is 0 Å². The van der Waals surface area contributed by atoms with Gasteiger partial charge in [0.15, 0.2) is 11.5 Å². The molecule has 0 spiro atoms. The molecule has 0 unspecified atom stereocenters. The van der Waals surface area contributed by atoms with Crippen LogP contribution in [0, 0.1) is 0 Å². The van der Waals surface area contributed by atoms with E-state index in [1.54, 1.807) is 44.7 Å². The molecule has 0 saturated carbocycles. The number of nitrogens with one attached hydrogen (secondary N) is 1. The number of rotatable bonds is 8. The van der Waals surface area contributed by atoms with E-state index in [4.69, 9.17) is 14.2 Å². The molecule has 3 aromatic rings. The second kappa shape index (κ2) is 9.94. The van der Waals surface area contributed by atoms with Gasteiger partial charge in [-0.2, -0.15) is 5.10 Å². The zero-order chi connectivity index (χ0) is 20.5. The van der Waals surface area contributed by atoms with Crippen LogP contribution in [0.25, 0.3) is 0 Å². The molecule has 0 aromatic heterocycles. The van der Waals surface area contributed by atoms with Crippen LogP contribution in [0.15, 0.2) is 77.9 Å². The van der Waals surface area contributed by atoms with Crippen LogP contribution < -0.4 is 19.6 Å². The Labute approximate surface area is 169 Å². The number of hydrazone groups is 1. The van der Waals surface area contributed by atoms with Crippen LogP contribution in [0.2, 0.25) is 0 Å². The quantitative estimate of drug-likeness (QED) is 0.465. The minimum atomic E-state index is -0.294. The summed E-state index contributed by atoms with van der Waals surface area (Å²) in [5, 5.41) is 4.00. The minimum Gasteiger partial charge on any atom is -0.493 e. The summed E-state index contributed by atoms with van der Waals surface area (Å²) in [6, 6.07) is 22.1. The molecule has 1 amide bonds. The molecular formula is C23H22N2O4. The van der Waals surface area contributed by atoms with Gasteiger partial charge in [-0.15, -0.1) is 0 Å². The molecule has 0 fully saturated rings. The van der Waals surface area contributed by atoms with Crippen molar-refractivity contribution in [3.8, 4) is 17.2 Å². The van der Waals surface area contributed by atoms with Gasteiger partial charge in [-0.25, -0.2) is 5.43 Å². The molecule has 3 rings (SSSR count). The number of amides is 1.